The van der Waals surface area contributed by atoms with Crippen LogP contribution in [0.1, 0.15) is 42.6 Å². The predicted octanol–water partition coefficient (Wildman–Crippen LogP) is 3.40. The lowest BCUT2D eigenvalue weighted by atomic mass is 9.99. The van der Waals surface area contributed by atoms with Crippen LogP contribution in [0.2, 0.25) is 0 Å². The van der Waals surface area contributed by atoms with Crippen molar-refractivity contribution in [2.24, 2.45) is 5.92 Å². The Morgan fingerprint density at radius 2 is 1.83 bits per heavy atom. The summed E-state index contributed by atoms with van der Waals surface area (Å²) in [6, 6.07) is 16.0. The Hall–Kier alpha value is -3.79. The van der Waals surface area contributed by atoms with Crippen molar-refractivity contribution >= 4 is 22.9 Å². The molecule has 0 saturated heterocycles. The topological polar surface area (TPSA) is 116 Å². The number of aliphatic carboxylic acids is 1. The molecule has 0 aliphatic heterocycles. The van der Waals surface area contributed by atoms with E-state index in [1.54, 1.807) is 37.4 Å². The van der Waals surface area contributed by atoms with E-state index in [0.29, 0.717) is 18.4 Å². The maximum Gasteiger partial charge on any atom is 0.316 e. The summed E-state index contributed by atoms with van der Waals surface area (Å²) < 4.78 is 0. The third-order valence-corrected chi connectivity index (χ3v) is 4.94. The molecule has 2 atom stereocenters. The minimum absolute atomic E-state index is 0.204. The zero-order valence-corrected chi connectivity index (χ0v) is 16.6. The molecule has 2 N–H and O–H groups in total. The first-order chi connectivity index (χ1) is 14.5. The van der Waals surface area contributed by atoms with Gasteiger partial charge in [0.25, 0.3) is 0 Å². The number of aromatic nitrogens is 2. The molecule has 7 heteroatoms. The standard InChI is InChI=1S/C23H22N4O3/c1-15(17-11-9-16(13-24)10-12-17)26-22(28)19(23(29)30)6-4-5-18-14-25-20-7-2-3-8-21(20)27-18/h2-3,7-12,14-15,19H,4-6H2,1H3,(H,26,28)(H,29,30). The third kappa shape index (κ3) is 5.17. The van der Waals surface area contributed by atoms with E-state index >= 15 is 0 Å². The summed E-state index contributed by atoms with van der Waals surface area (Å²) in [5, 5.41) is 21.1. The molecule has 1 aromatic heterocycles. The van der Waals surface area contributed by atoms with Crippen molar-refractivity contribution in [3.8, 4) is 6.07 Å². The van der Waals surface area contributed by atoms with Gasteiger partial charge in [0.2, 0.25) is 5.91 Å². The van der Waals surface area contributed by atoms with Crippen LogP contribution in [0.25, 0.3) is 11.0 Å². The van der Waals surface area contributed by atoms with Crippen molar-refractivity contribution in [2.45, 2.75) is 32.2 Å². The van der Waals surface area contributed by atoms with Crippen LogP contribution >= 0.6 is 0 Å². The van der Waals surface area contributed by atoms with E-state index in [2.05, 4.69) is 15.3 Å². The van der Waals surface area contributed by atoms with E-state index in [1.807, 2.05) is 30.3 Å². The molecule has 7 nitrogen and oxygen atoms in total. The second-order valence-corrected chi connectivity index (χ2v) is 7.10. The van der Waals surface area contributed by atoms with Gasteiger partial charge in [0.15, 0.2) is 0 Å². The molecule has 0 spiro atoms. The van der Waals surface area contributed by atoms with Crippen LogP contribution in [0.4, 0.5) is 0 Å². The maximum absolute atomic E-state index is 12.5. The minimum atomic E-state index is -1.15. The fourth-order valence-corrected chi connectivity index (χ4v) is 3.21. The number of carbonyl (C=O) groups is 2. The van der Waals surface area contributed by atoms with Crippen LogP contribution in [0.15, 0.2) is 54.7 Å². The van der Waals surface area contributed by atoms with Gasteiger partial charge >= 0.3 is 5.97 Å². The fraction of sp³-hybridized carbons (Fsp3) is 0.261. The van der Waals surface area contributed by atoms with Gasteiger partial charge in [-0.1, -0.05) is 24.3 Å². The van der Waals surface area contributed by atoms with Crippen LogP contribution in [0.3, 0.4) is 0 Å². The Morgan fingerprint density at radius 3 is 2.50 bits per heavy atom. The van der Waals surface area contributed by atoms with Crippen molar-refractivity contribution in [2.75, 3.05) is 0 Å². The number of aryl methyl sites for hydroxylation is 1. The van der Waals surface area contributed by atoms with E-state index in [0.717, 1.165) is 22.3 Å². The molecule has 1 heterocycles. The zero-order chi connectivity index (χ0) is 21.5. The second-order valence-electron chi connectivity index (χ2n) is 7.10. The summed E-state index contributed by atoms with van der Waals surface area (Å²) >= 11 is 0. The van der Waals surface area contributed by atoms with Crippen LogP contribution in [-0.4, -0.2) is 27.0 Å². The number of amides is 1. The lowest BCUT2D eigenvalue weighted by Gasteiger charge is -2.18. The number of carboxylic acids is 1. The van der Waals surface area contributed by atoms with E-state index < -0.39 is 17.8 Å². The highest BCUT2D eigenvalue weighted by Crippen LogP contribution is 2.17. The quantitative estimate of drug-likeness (QED) is 0.558. The normalized spacial score (nSPS) is 12.7. The molecule has 0 aliphatic carbocycles. The molecular formula is C23H22N4O3. The first-order valence-corrected chi connectivity index (χ1v) is 9.72. The molecule has 0 bridgehead atoms. The van der Waals surface area contributed by atoms with E-state index in [9.17, 15) is 14.7 Å². The van der Waals surface area contributed by atoms with Crippen molar-refractivity contribution in [3.05, 3.63) is 71.5 Å². The smallest absolute Gasteiger partial charge is 0.316 e. The average molecular weight is 402 g/mol. The fourth-order valence-electron chi connectivity index (χ4n) is 3.21. The Bertz CT molecular complexity index is 1090. The van der Waals surface area contributed by atoms with Gasteiger partial charge in [-0.05, 0) is 56.0 Å². The van der Waals surface area contributed by atoms with Gasteiger partial charge in [-0.25, -0.2) is 4.98 Å². The number of para-hydroxylation sites is 2. The summed E-state index contributed by atoms with van der Waals surface area (Å²) in [6.07, 6.45) is 2.93. The number of nitrogens with zero attached hydrogens (tertiary/aromatic N) is 3. The molecule has 0 aliphatic rings. The van der Waals surface area contributed by atoms with Gasteiger partial charge in [-0.3, -0.25) is 14.6 Å². The number of fused-ring (bicyclic) bond motifs is 1. The summed E-state index contributed by atoms with van der Waals surface area (Å²) in [5.74, 6) is -2.81. The van der Waals surface area contributed by atoms with Crippen LogP contribution in [0.5, 0.6) is 0 Å². The monoisotopic (exact) mass is 402 g/mol. The summed E-state index contributed by atoms with van der Waals surface area (Å²) in [6.45, 7) is 1.78. The molecule has 2 aromatic carbocycles. The SMILES string of the molecule is CC(NC(=O)C(CCCc1cnc2ccccc2n1)C(=O)O)c1ccc(C#N)cc1. The van der Waals surface area contributed by atoms with Crippen molar-refractivity contribution < 1.29 is 14.7 Å². The van der Waals surface area contributed by atoms with Gasteiger partial charge in [-0.15, -0.1) is 0 Å². The van der Waals surface area contributed by atoms with Gasteiger partial charge in [0.1, 0.15) is 5.92 Å². The van der Waals surface area contributed by atoms with Crippen LogP contribution in [-0.2, 0) is 16.0 Å². The number of hydrogen-bond acceptors (Lipinski definition) is 5. The van der Waals surface area contributed by atoms with Crippen molar-refractivity contribution in [3.63, 3.8) is 0 Å². The van der Waals surface area contributed by atoms with Crippen molar-refractivity contribution in [1.82, 2.24) is 15.3 Å². The number of nitriles is 1. The minimum Gasteiger partial charge on any atom is -0.481 e. The Kier molecular flexibility index (Phi) is 6.71. The first-order valence-electron chi connectivity index (χ1n) is 9.72. The molecule has 1 amide bonds. The van der Waals surface area contributed by atoms with Crippen LogP contribution in [0, 0.1) is 17.2 Å². The molecular weight excluding hydrogens is 380 g/mol. The highest BCUT2D eigenvalue weighted by molar-refractivity contribution is 5.97. The highest BCUT2D eigenvalue weighted by atomic mass is 16.4. The van der Waals surface area contributed by atoms with Crippen LogP contribution < -0.4 is 5.32 Å². The number of carbonyl (C=O) groups excluding carboxylic acids is 1. The summed E-state index contributed by atoms with van der Waals surface area (Å²) in [5.41, 5.74) is 3.69. The lowest BCUT2D eigenvalue weighted by Crippen LogP contribution is -2.37. The molecule has 0 fully saturated rings. The molecule has 0 saturated carbocycles. The molecule has 0 radical (unpaired) electrons. The Labute approximate surface area is 174 Å². The van der Waals surface area contributed by atoms with E-state index in [4.69, 9.17) is 5.26 Å². The van der Waals surface area contributed by atoms with Gasteiger partial charge in [0.05, 0.1) is 34.4 Å². The van der Waals surface area contributed by atoms with Gasteiger partial charge in [0, 0.05) is 6.20 Å². The number of nitrogens with one attached hydrogen (secondary N) is 1. The number of benzene rings is 2. The largest absolute Gasteiger partial charge is 0.481 e. The first kappa shape index (κ1) is 20.9. The highest BCUT2D eigenvalue weighted by Gasteiger charge is 2.27. The van der Waals surface area contributed by atoms with E-state index in [1.165, 1.54) is 0 Å². The lowest BCUT2D eigenvalue weighted by molar-refractivity contribution is -0.147. The van der Waals surface area contributed by atoms with Gasteiger partial charge < -0.3 is 10.4 Å². The molecule has 30 heavy (non-hydrogen) atoms. The number of carboxylic acid groups (broad SMARTS) is 1. The molecule has 2 unspecified atom stereocenters. The van der Waals surface area contributed by atoms with E-state index in [-0.39, 0.29) is 12.5 Å². The Morgan fingerprint density at radius 1 is 1.13 bits per heavy atom. The molecule has 152 valence electrons. The number of rotatable bonds is 8. The predicted molar refractivity (Wildman–Crippen MR) is 111 cm³/mol. The number of hydrogen-bond donors (Lipinski definition) is 2. The summed E-state index contributed by atoms with van der Waals surface area (Å²) in [4.78, 5) is 33.1. The zero-order valence-electron chi connectivity index (χ0n) is 16.6. The average Bonchev–Trinajstić information content (AvgIpc) is 2.76. The Balaban J connectivity index is 1.58. The molecule has 3 aromatic rings. The molecule has 3 rings (SSSR count). The van der Waals surface area contributed by atoms with Gasteiger partial charge in [-0.2, -0.15) is 5.26 Å². The summed E-state index contributed by atoms with van der Waals surface area (Å²) in [7, 11) is 0. The van der Waals surface area contributed by atoms with Crippen molar-refractivity contribution in [1.29, 1.82) is 5.26 Å². The second kappa shape index (κ2) is 9.61. The maximum atomic E-state index is 12.5. The third-order valence-electron chi connectivity index (χ3n) is 4.94.